The van der Waals surface area contributed by atoms with Gasteiger partial charge in [-0.05, 0) is 6.42 Å². The number of ketones is 1. The molecule has 0 radical (unpaired) electrons. The summed E-state index contributed by atoms with van der Waals surface area (Å²) >= 11 is 0. The molecule has 2 atom stereocenters. The molecule has 2 nitrogen and oxygen atoms in total. The van der Waals surface area contributed by atoms with E-state index in [-0.39, 0.29) is 11.7 Å². The van der Waals surface area contributed by atoms with E-state index < -0.39 is 6.10 Å². The zero-order valence-electron chi connectivity index (χ0n) is 6.92. The maximum atomic E-state index is 11.0. The first-order chi connectivity index (χ1) is 4.63. The second kappa shape index (κ2) is 4.45. The molecule has 60 valence electrons. The largest absolute Gasteiger partial charge is 0.392 e. The Hall–Kier alpha value is -0.370. The van der Waals surface area contributed by atoms with Gasteiger partial charge >= 0.3 is 0 Å². The van der Waals surface area contributed by atoms with E-state index in [1.54, 1.807) is 6.92 Å². The Kier molecular flexibility index (Phi) is 4.28. The van der Waals surface area contributed by atoms with Crippen molar-refractivity contribution in [2.45, 2.75) is 39.7 Å². The monoisotopic (exact) mass is 144 g/mol. The lowest BCUT2D eigenvalue weighted by Crippen LogP contribution is -2.24. The van der Waals surface area contributed by atoms with E-state index in [1.807, 2.05) is 13.8 Å². The van der Waals surface area contributed by atoms with Crippen LogP contribution < -0.4 is 0 Å². The lowest BCUT2D eigenvalue weighted by atomic mass is 9.96. The number of hydrogen-bond donors (Lipinski definition) is 1. The molecular weight excluding hydrogens is 128 g/mol. The Balaban J connectivity index is 3.81. The average Bonchev–Trinajstić information content (AvgIpc) is 2.00. The van der Waals surface area contributed by atoms with E-state index in [2.05, 4.69) is 0 Å². The van der Waals surface area contributed by atoms with E-state index >= 15 is 0 Å². The molecule has 1 N–H and O–H groups in total. The molecule has 0 saturated carbocycles. The maximum Gasteiger partial charge on any atom is 0.138 e. The number of aliphatic hydroxyl groups excluding tert-OH is 1. The van der Waals surface area contributed by atoms with Crippen LogP contribution in [0.3, 0.4) is 0 Å². The molecule has 1 unspecified atom stereocenters. The van der Waals surface area contributed by atoms with Gasteiger partial charge < -0.3 is 5.11 Å². The Morgan fingerprint density at radius 2 is 2.00 bits per heavy atom. The lowest BCUT2D eigenvalue weighted by Gasteiger charge is -2.14. The van der Waals surface area contributed by atoms with E-state index in [4.69, 9.17) is 0 Å². The molecule has 0 bridgehead atoms. The molecule has 10 heavy (non-hydrogen) atoms. The standard InChI is InChI=1S/C8H16O2/c1-4-7(9)6(3)8(10)5-2/h6-7,9H,4-5H2,1-3H3/t6?,7-/m1/s1. The number of carbonyl (C=O) groups is 1. The van der Waals surface area contributed by atoms with Gasteiger partial charge in [-0.1, -0.05) is 20.8 Å². The van der Waals surface area contributed by atoms with E-state index in [1.165, 1.54) is 0 Å². The van der Waals surface area contributed by atoms with Gasteiger partial charge in [0, 0.05) is 12.3 Å². The van der Waals surface area contributed by atoms with Gasteiger partial charge in [0.15, 0.2) is 0 Å². The van der Waals surface area contributed by atoms with Gasteiger partial charge in [0.25, 0.3) is 0 Å². The summed E-state index contributed by atoms with van der Waals surface area (Å²) in [7, 11) is 0. The predicted molar refractivity (Wildman–Crippen MR) is 40.8 cm³/mol. The van der Waals surface area contributed by atoms with Crippen molar-refractivity contribution in [1.82, 2.24) is 0 Å². The molecule has 0 aromatic heterocycles. The number of hydrogen-bond acceptors (Lipinski definition) is 2. The highest BCUT2D eigenvalue weighted by molar-refractivity contribution is 5.80. The fourth-order valence-electron chi connectivity index (χ4n) is 0.890. The minimum absolute atomic E-state index is 0.148. The third kappa shape index (κ3) is 2.48. The third-order valence-corrected chi connectivity index (χ3v) is 1.85. The smallest absolute Gasteiger partial charge is 0.138 e. The summed E-state index contributed by atoms with van der Waals surface area (Å²) in [6.45, 7) is 5.48. The minimum atomic E-state index is -0.451. The minimum Gasteiger partial charge on any atom is -0.392 e. The highest BCUT2D eigenvalue weighted by Crippen LogP contribution is 2.08. The predicted octanol–water partition coefficient (Wildman–Crippen LogP) is 1.37. The fraction of sp³-hybridized carbons (Fsp3) is 0.875. The number of aliphatic hydroxyl groups is 1. The summed E-state index contributed by atoms with van der Waals surface area (Å²) in [5.74, 6) is -0.0376. The van der Waals surface area contributed by atoms with Gasteiger partial charge in [-0.3, -0.25) is 4.79 Å². The number of carbonyl (C=O) groups excluding carboxylic acids is 1. The average molecular weight is 144 g/mol. The quantitative estimate of drug-likeness (QED) is 0.647. The topological polar surface area (TPSA) is 37.3 Å². The Labute approximate surface area is 62.2 Å². The molecule has 0 rings (SSSR count). The first-order valence-electron chi connectivity index (χ1n) is 3.84. The van der Waals surface area contributed by atoms with E-state index in [9.17, 15) is 9.90 Å². The van der Waals surface area contributed by atoms with Gasteiger partial charge in [-0.15, -0.1) is 0 Å². The molecule has 0 aliphatic heterocycles. The zero-order chi connectivity index (χ0) is 8.15. The van der Waals surface area contributed by atoms with Crippen LogP contribution in [0, 0.1) is 5.92 Å². The Morgan fingerprint density at radius 3 is 2.30 bits per heavy atom. The summed E-state index contributed by atoms with van der Waals surface area (Å²) in [5, 5.41) is 9.21. The highest BCUT2D eigenvalue weighted by atomic mass is 16.3. The fourth-order valence-corrected chi connectivity index (χ4v) is 0.890. The normalized spacial score (nSPS) is 16.4. The van der Waals surface area contributed by atoms with Crippen molar-refractivity contribution >= 4 is 5.78 Å². The molecular formula is C8H16O2. The molecule has 0 amide bonds. The van der Waals surface area contributed by atoms with Crippen LogP contribution in [0.15, 0.2) is 0 Å². The first-order valence-corrected chi connectivity index (χ1v) is 3.84. The van der Waals surface area contributed by atoms with Crippen molar-refractivity contribution in [3.05, 3.63) is 0 Å². The van der Waals surface area contributed by atoms with Crippen molar-refractivity contribution < 1.29 is 9.90 Å². The molecule has 0 saturated heterocycles. The molecule has 0 fully saturated rings. The van der Waals surface area contributed by atoms with Gasteiger partial charge in [0.1, 0.15) is 5.78 Å². The van der Waals surface area contributed by atoms with Crippen molar-refractivity contribution in [3.63, 3.8) is 0 Å². The molecule has 0 heterocycles. The Morgan fingerprint density at radius 1 is 1.50 bits per heavy atom. The molecule has 0 aromatic rings. The van der Waals surface area contributed by atoms with Crippen LogP contribution in [0.1, 0.15) is 33.6 Å². The maximum absolute atomic E-state index is 11.0. The molecule has 2 heteroatoms. The van der Waals surface area contributed by atoms with Crippen LogP contribution in [0.25, 0.3) is 0 Å². The molecule has 0 aromatic carbocycles. The van der Waals surface area contributed by atoms with Crippen molar-refractivity contribution in [1.29, 1.82) is 0 Å². The van der Waals surface area contributed by atoms with Gasteiger partial charge in [0.2, 0.25) is 0 Å². The third-order valence-electron chi connectivity index (χ3n) is 1.85. The number of rotatable bonds is 4. The van der Waals surface area contributed by atoms with Crippen LogP contribution in [0.4, 0.5) is 0 Å². The molecule has 0 aliphatic carbocycles. The first kappa shape index (κ1) is 9.63. The summed E-state index contributed by atoms with van der Waals surface area (Å²) in [4.78, 5) is 11.0. The number of Topliss-reactive ketones (excluding diaryl/α,β-unsaturated/α-hetero) is 1. The van der Waals surface area contributed by atoms with E-state index in [0.717, 1.165) is 0 Å². The summed E-state index contributed by atoms with van der Waals surface area (Å²) in [6, 6.07) is 0. The van der Waals surface area contributed by atoms with Crippen LogP contribution in [0.5, 0.6) is 0 Å². The van der Waals surface area contributed by atoms with Crippen molar-refractivity contribution in [2.75, 3.05) is 0 Å². The second-order valence-electron chi connectivity index (χ2n) is 2.58. The van der Waals surface area contributed by atoms with Gasteiger partial charge in [-0.25, -0.2) is 0 Å². The van der Waals surface area contributed by atoms with Crippen molar-refractivity contribution in [3.8, 4) is 0 Å². The van der Waals surface area contributed by atoms with Gasteiger partial charge in [-0.2, -0.15) is 0 Å². The van der Waals surface area contributed by atoms with E-state index in [0.29, 0.717) is 12.8 Å². The highest BCUT2D eigenvalue weighted by Gasteiger charge is 2.17. The molecule has 0 spiro atoms. The van der Waals surface area contributed by atoms with Crippen molar-refractivity contribution in [2.24, 2.45) is 5.92 Å². The SMILES string of the molecule is CCC(=O)C(C)[C@H](O)CC. The summed E-state index contributed by atoms with van der Waals surface area (Å²) < 4.78 is 0. The summed E-state index contributed by atoms with van der Waals surface area (Å²) in [6.07, 6.45) is 0.734. The summed E-state index contributed by atoms with van der Waals surface area (Å²) in [5.41, 5.74) is 0. The van der Waals surface area contributed by atoms with Crippen LogP contribution in [-0.4, -0.2) is 17.0 Å². The van der Waals surface area contributed by atoms with Crippen LogP contribution in [-0.2, 0) is 4.79 Å². The lowest BCUT2D eigenvalue weighted by molar-refractivity contribution is -0.125. The van der Waals surface area contributed by atoms with Crippen LogP contribution in [0.2, 0.25) is 0 Å². The molecule has 0 aliphatic rings. The van der Waals surface area contributed by atoms with Crippen LogP contribution >= 0.6 is 0 Å². The van der Waals surface area contributed by atoms with Gasteiger partial charge in [0.05, 0.1) is 6.10 Å². The second-order valence-corrected chi connectivity index (χ2v) is 2.58. The zero-order valence-corrected chi connectivity index (χ0v) is 6.92. The Bertz CT molecular complexity index is 110.